The molecule has 0 fully saturated rings. The maximum atomic E-state index is 11.0. The van der Waals surface area contributed by atoms with Gasteiger partial charge in [-0.2, -0.15) is 0 Å². The Morgan fingerprint density at radius 1 is 1.38 bits per heavy atom. The van der Waals surface area contributed by atoms with E-state index in [1.165, 1.54) is 18.2 Å². The molecule has 0 unspecified atom stereocenters. The van der Waals surface area contributed by atoms with Crippen LogP contribution in [0.5, 0.6) is 0 Å². The van der Waals surface area contributed by atoms with Crippen molar-refractivity contribution in [3.05, 3.63) is 34.2 Å². The number of carbonyl (C=O) groups excluding carboxylic acids is 2. The summed E-state index contributed by atoms with van der Waals surface area (Å²) in [5, 5.41) is 1.82. The Kier molecular flexibility index (Phi) is 2.44. The zero-order chi connectivity index (χ0) is 9.84. The fourth-order valence-electron chi connectivity index (χ4n) is 0.759. The molecule has 1 rings (SSSR count). The fraction of sp³-hybridized carbons (Fsp3) is 0. The van der Waals surface area contributed by atoms with Gasteiger partial charge < -0.3 is 10.7 Å². The lowest BCUT2D eigenvalue weighted by atomic mass is 10.3. The van der Waals surface area contributed by atoms with Crippen LogP contribution in [0.15, 0.2) is 23.0 Å². The number of pyridine rings is 1. The summed E-state index contributed by atoms with van der Waals surface area (Å²) < 4.78 is 0. The second-order valence-electron chi connectivity index (χ2n) is 2.25. The van der Waals surface area contributed by atoms with E-state index >= 15 is 0 Å². The first-order chi connectivity index (χ1) is 6.09. The zero-order valence-corrected chi connectivity index (χ0v) is 6.53. The minimum atomic E-state index is -0.963. The molecule has 1 heterocycles. The van der Waals surface area contributed by atoms with Crippen LogP contribution in [0.4, 0.5) is 4.79 Å². The molecule has 6 nitrogen and oxygen atoms in total. The highest BCUT2D eigenvalue weighted by molar-refractivity contribution is 6.02. The summed E-state index contributed by atoms with van der Waals surface area (Å²) in [4.78, 5) is 34.3. The number of aromatic amines is 1. The van der Waals surface area contributed by atoms with Crippen molar-refractivity contribution in [2.45, 2.75) is 0 Å². The van der Waals surface area contributed by atoms with Crippen molar-refractivity contribution in [2.75, 3.05) is 0 Å². The van der Waals surface area contributed by atoms with E-state index in [0.29, 0.717) is 0 Å². The van der Waals surface area contributed by atoms with Gasteiger partial charge in [0.05, 0.1) is 0 Å². The Balaban J connectivity index is 2.89. The van der Waals surface area contributed by atoms with Crippen molar-refractivity contribution < 1.29 is 9.59 Å². The Hall–Kier alpha value is -2.11. The van der Waals surface area contributed by atoms with Crippen LogP contribution >= 0.6 is 0 Å². The summed E-state index contributed by atoms with van der Waals surface area (Å²) in [6.07, 6.45) is 0. The molecule has 0 saturated heterocycles. The third kappa shape index (κ3) is 2.44. The predicted molar refractivity (Wildman–Crippen MR) is 44.1 cm³/mol. The van der Waals surface area contributed by atoms with Gasteiger partial charge in [0.15, 0.2) is 0 Å². The molecule has 0 spiro atoms. The molecule has 3 amide bonds. The van der Waals surface area contributed by atoms with Crippen molar-refractivity contribution >= 4 is 11.9 Å². The average Bonchev–Trinajstić information content (AvgIpc) is 2.03. The number of carbonyl (C=O) groups is 2. The lowest BCUT2D eigenvalue weighted by molar-refractivity contribution is 0.0961. The van der Waals surface area contributed by atoms with Crippen LogP contribution in [-0.4, -0.2) is 16.9 Å². The number of rotatable bonds is 1. The highest BCUT2D eigenvalue weighted by atomic mass is 16.2. The maximum Gasteiger partial charge on any atom is 0.319 e. The Bertz CT molecular complexity index is 396. The number of aromatic nitrogens is 1. The molecule has 0 atom stereocenters. The number of urea groups is 1. The van der Waals surface area contributed by atoms with E-state index in [0.717, 1.165) is 0 Å². The first-order valence-corrected chi connectivity index (χ1v) is 3.40. The smallest absolute Gasteiger partial charge is 0.319 e. The van der Waals surface area contributed by atoms with E-state index in [1.807, 2.05) is 5.32 Å². The van der Waals surface area contributed by atoms with Gasteiger partial charge in [-0.3, -0.25) is 14.9 Å². The maximum absolute atomic E-state index is 11.0. The minimum Gasteiger partial charge on any atom is -0.351 e. The van der Waals surface area contributed by atoms with E-state index < -0.39 is 17.5 Å². The number of imide groups is 1. The second-order valence-corrected chi connectivity index (χ2v) is 2.25. The number of hydrogen-bond donors (Lipinski definition) is 3. The van der Waals surface area contributed by atoms with Gasteiger partial charge in [0.2, 0.25) is 5.56 Å². The molecule has 6 heteroatoms. The molecule has 4 N–H and O–H groups in total. The third-order valence-corrected chi connectivity index (χ3v) is 1.25. The van der Waals surface area contributed by atoms with Crippen LogP contribution in [0.2, 0.25) is 0 Å². The molecule has 1 aromatic heterocycles. The first kappa shape index (κ1) is 8.98. The summed E-state index contributed by atoms with van der Waals surface area (Å²) in [5.74, 6) is -0.731. The zero-order valence-electron chi connectivity index (χ0n) is 6.53. The SMILES string of the molecule is NC(=O)NC(=O)c1cccc(=O)[nH]1. The van der Waals surface area contributed by atoms with Crippen LogP contribution in [0.1, 0.15) is 10.5 Å². The number of amides is 3. The molecular weight excluding hydrogens is 174 g/mol. The summed E-state index contributed by atoms with van der Waals surface area (Å²) in [6.45, 7) is 0. The quantitative estimate of drug-likeness (QED) is 0.527. The summed E-state index contributed by atoms with van der Waals surface area (Å²) in [7, 11) is 0. The summed E-state index contributed by atoms with van der Waals surface area (Å²) >= 11 is 0. The third-order valence-electron chi connectivity index (χ3n) is 1.25. The van der Waals surface area contributed by atoms with Gasteiger partial charge in [-0.1, -0.05) is 6.07 Å². The van der Waals surface area contributed by atoms with Crippen molar-refractivity contribution in [1.82, 2.24) is 10.3 Å². The number of hydrogen-bond acceptors (Lipinski definition) is 3. The van der Waals surface area contributed by atoms with Gasteiger partial charge >= 0.3 is 6.03 Å². The Morgan fingerprint density at radius 2 is 2.08 bits per heavy atom. The Morgan fingerprint density at radius 3 is 2.62 bits per heavy atom. The topological polar surface area (TPSA) is 105 Å². The van der Waals surface area contributed by atoms with Gasteiger partial charge in [-0.25, -0.2) is 4.79 Å². The molecular formula is C7H7N3O3. The second kappa shape index (κ2) is 3.53. The standard InChI is InChI=1S/C7H7N3O3/c8-7(13)10-6(12)4-2-1-3-5(11)9-4/h1-3H,(H,9,11)(H3,8,10,12,13). The molecule has 0 saturated carbocycles. The monoisotopic (exact) mass is 181 g/mol. The molecule has 13 heavy (non-hydrogen) atoms. The molecule has 0 aliphatic rings. The largest absolute Gasteiger partial charge is 0.351 e. The van der Waals surface area contributed by atoms with Crippen LogP contribution in [0.25, 0.3) is 0 Å². The predicted octanol–water partition coefficient (Wildman–Crippen LogP) is -0.817. The summed E-state index contributed by atoms with van der Waals surface area (Å²) in [6, 6.07) is 3.05. The lowest BCUT2D eigenvalue weighted by Gasteiger charge is -1.98. The molecule has 0 radical (unpaired) electrons. The lowest BCUT2D eigenvalue weighted by Crippen LogP contribution is -2.36. The molecule has 1 aromatic rings. The molecule has 0 aliphatic heterocycles. The van der Waals surface area contributed by atoms with Crippen molar-refractivity contribution in [1.29, 1.82) is 0 Å². The van der Waals surface area contributed by atoms with Gasteiger partial charge in [-0.15, -0.1) is 0 Å². The van der Waals surface area contributed by atoms with Crippen LogP contribution < -0.4 is 16.6 Å². The minimum absolute atomic E-state index is 0.00806. The fourth-order valence-corrected chi connectivity index (χ4v) is 0.759. The van der Waals surface area contributed by atoms with Crippen LogP contribution in [0, 0.1) is 0 Å². The van der Waals surface area contributed by atoms with Crippen LogP contribution in [0.3, 0.4) is 0 Å². The van der Waals surface area contributed by atoms with Gasteiger partial charge in [0, 0.05) is 6.07 Å². The normalized spacial score (nSPS) is 9.23. The van der Waals surface area contributed by atoms with E-state index in [1.54, 1.807) is 0 Å². The van der Waals surface area contributed by atoms with Gasteiger partial charge in [0.1, 0.15) is 5.69 Å². The number of H-pyrrole nitrogens is 1. The number of primary amides is 1. The molecule has 0 aliphatic carbocycles. The van der Waals surface area contributed by atoms with E-state index in [9.17, 15) is 14.4 Å². The van der Waals surface area contributed by atoms with Crippen molar-refractivity contribution in [3.8, 4) is 0 Å². The highest BCUT2D eigenvalue weighted by Crippen LogP contribution is 1.88. The number of nitrogens with one attached hydrogen (secondary N) is 2. The van der Waals surface area contributed by atoms with Crippen molar-refractivity contribution in [3.63, 3.8) is 0 Å². The molecule has 68 valence electrons. The Labute approximate surface area is 72.8 Å². The molecule has 0 aromatic carbocycles. The van der Waals surface area contributed by atoms with Gasteiger partial charge in [0.25, 0.3) is 5.91 Å². The van der Waals surface area contributed by atoms with Crippen LogP contribution in [-0.2, 0) is 0 Å². The molecule has 0 bridgehead atoms. The van der Waals surface area contributed by atoms with Gasteiger partial charge in [-0.05, 0) is 6.07 Å². The van der Waals surface area contributed by atoms with E-state index in [2.05, 4.69) is 4.98 Å². The number of nitrogens with two attached hydrogens (primary N) is 1. The highest BCUT2D eigenvalue weighted by Gasteiger charge is 2.07. The van der Waals surface area contributed by atoms with Crippen molar-refractivity contribution in [2.24, 2.45) is 5.73 Å². The first-order valence-electron chi connectivity index (χ1n) is 3.40. The van der Waals surface area contributed by atoms with E-state index in [-0.39, 0.29) is 5.69 Å². The summed E-state index contributed by atoms with van der Waals surface area (Å²) in [5.41, 5.74) is 4.28. The average molecular weight is 181 g/mol. The van der Waals surface area contributed by atoms with E-state index in [4.69, 9.17) is 5.73 Å².